The van der Waals surface area contributed by atoms with Crippen molar-refractivity contribution >= 4 is 0 Å². The number of ether oxygens (including phenoxy) is 1. The highest BCUT2D eigenvalue weighted by Crippen LogP contribution is 2.14. The Morgan fingerprint density at radius 1 is 1.53 bits per heavy atom. The highest BCUT2D eigenvalue weighted by molar-refractivity contribution is 4.95. The normalized spacial score (nSPS) is 21.7. The van der Waals surface area contributed by atoms with Gasteiger partial charge in [0, 0.05) is 6.61 Å². The molecule has 0 aliphatic carbocycles. The SMILES string of the molecule is c1coc(COCCC2CCCNC2)c1. The van der Waals surface area contributed by atoms with Gasteiger partial charge >= 0.3 is 0 Å². The van der Waals surface area contributed by atoms with Crippen LogP contribution in [0.25, 0.3) is 0 Å². The molecule has 1 aliphatic rings. The van der Waals surface area contributed by atoms with Crippen molar-refractivity contribution < 1.29 is 9.15 Å². The maximum atomic E-state index is 5.56. The summed E-state index contributed by atoms with van der Waals surface area (Å²) in [6.07, 6.45) is 5.50. The maximum Gasteiger partial charge on any atom is 0.129 e. The van der Waals surface area contributed by atoms with Gasteiger partial charge in [0.1, 0.15) is 12.4 Å². The third-order valence-electron chi connectivity index (χ3n) is 2.89. The fourth-order valence-corrected chi connectivity index (χ4v) is 1.99. The first-order chi connectivity index (χ1) is 7.45. The lowest BCUT2D eigenvalue weighted by Gasteiger charge is -2.22. The average Bonchev–Trinajstić information content (AvgIpc) is 2.79. The van der Waals surface area contributed by atoms with Gasteiger partial charge in [0.2, 0.25) is 0 Å². The Labute approximate surface area is 90.8 Å². The van der Waals surface area contributed by atoms with Crippen LogP contribution < -0.4 is 5.32 Å². The molecule has 1 aliphatic heterocycles. The number of hydrogen-bond acceptors (Lipinski definition) is 3. The summed E-state index contributed by atoms with van der Waals surface area (Å²) in [4.78, 5) is 0. The van der Waals surface area contributed by atoms with E-state index in [0.717, 1.165) is 31.3 Å². The Bertz CT molecular complexity index is 253. The van der Waals surface area contributed by atoms with Crippen LogP contribution in [0.15, 0.2) is 22.8 Å². The van der Waals surface area contributed by atoms with Gasteiger partial charge in [0.15, 0.2) is 0 Å². The molecule has 1 aromatic heterocycles. The van der Waals surface area contributed by atoms with Crippen LogP contribution in [0.3, 0.4) is 0 Å². The summed E-state index contributed by atoms with van der Waals surface area (Å²) in [5.74, 6) is 1.71. The van der Waals surface area contributed by atoms with Gasteiger partial charge in [-0.3, -0.25) is 0 Å². The summed E-state index contributed by atoms with van der Waals surface area (Å²) in [5, 5.41) is 3.42. The zero-order valence-corrected chi connectivity index (χ0v) is 9.08. The van der Waals surface area contributed by atoms with E-state index in [1.54, 1.807) is 6.26 Å². The molecule has 1 N–H and O–H groups in total. The molecule has 0 spiro atoms. The Morgan fingerprint density at radius 3 is 3.27 bits per heavy atom. The molecule has 2 rings (SSSR count). The van der Waals surface area contributed by atoms with Crippen molar-refractivity contribution in [2.24, 2.45) is 5.92 Å². The van der Waals surface area contributed by atoms with Gasteiger partial charge < -0.3 is 14.5 Å². The van der Waals surface area contributed by atoms with E-state index >= 15 is 0 Å². The molecular weight excluding hydrogens is 190 g/mol. The average molecular weight is 209 g/mol. The zero-order chi connectivity index (χ0) is 10.3. The largest absolute Gasteiger partial charge is 0.467 e. The minimum atomic E-state index is 0.604. The first-order valence-electron chi connectivity index (χ1n) is 5.76. The second kappa shape index (κ2) is 5.93. The van der Waals surface area contributed by atoms with Crippen LogP contribution in [0.1, 0.15) is 25.0 Å². The van der Waals surface area contributed by atoms with Gasteiger partial charge in [0.05, 0.1) is 6.26 Å². The fraction of sp³-hybridized carbons (Fsp3) is 0.667. The third kappa shape index (κ3) is 3.68. The van der Waals surface area contributed by atoms with Crippen molar-refractivity contribution in [2.75, 3.05) is 19.7 Å². The molecule has 84 valence electrons. The molecule has 1 aromatic rings. The standard InChI is InChI=1S/C12H19NO2/c1-3-11(9-13-6-1)5-8-14-10-12-4-2-7-15-12/h2,4,7,11,13H,1,3,5-6,8-10H2. The van der Waals surface area contributed by atoms with Crippen molar-refractivity contribution in [3.8, 4) is 0 Å². The van der Waals surface area contributed by atoms with Crippen LogP contribution in [0.5, 0.6) is 0 Å². The number of hydrogen-bond donors (Lipinski definition) is 1. The highest BCUT2D eigenvalue weighted by atomic mass is 16.5. The van der Waals surface area contributed by atoms with Gasteiger partial charge in [-0.1, -0.05) is 0 Å². The van der Waals surface area contributed by atoms with Crippen LogP contribution in [0, 0.1) is 5.92 Å². The molecule has 0 amide bonds. The lowest BCUT2D eigenvalue weighted by atomic mass is 9.97. The fourth-order valence-electron chi connectivity index (χ4n) is 1.99. The Hall–Kier alpha value is -0.800. The smallest absolute Gasteiger partial charge is 0.129 e. The quantitative estimate of drug-likeness (QED) is 0.755. The molecule has 15 heavy (non-hydrogen) atoms. The predicted molar refractivity (Wildman–Crippen MR) is 58.6 cm³/mol. The van der Waals surface area contributed by atoms with Crippen molar-refractivity contribution in [3.63, 3.8) is 0 Å². The lowest BCUT2D eigenvalue weighted by Crippen LogP contribution is -2.30. The maximum absolute atomic E-state index is 5.56. The predicted octanol–water partition coefficient (Wildman–Crippen LogP) is 2.19. The molecule has 3 nitrogen and oxygen atoms in total. The first-order valence-corrected chi connectivity index (χ1v) is 5.76. The minimum Gasteiger partial charge on any atom is -0.467 e. The second-order valence-electron chi connectivity index (χ2n) is 4.13. The van der Waals surface area contributed by atoms with Crippen molar-refractivity contribution in [1.29, 1.82) is 0 Å². The summed E-state index contributed by atoms with van der Waals surface area (Å²) in [6, 6.07) is 3.84. The number of nitrogens with one attached hydrogen (secondary N) is 1. The second-order valence-corrected chi connectivity index (χ2v) is 4.13. The van der Waals surface area contributed by atoms with E-state index < -0.39 is 0 Å². The highest BCUT2D eigenvalue weighted by Gasteiger charge is 2.12. The minimum absolute atomic E-state index is 0.604. The molecule has 0 radical (unpaired) electrons. The molecule has 1 saturated heterocycles. The van der Waals surface area contributed by atoms with Gasteiger partial charge in [-0.15, -0.1) is 0 Å². The van der Waals surface area contributed by atoms with E-state index in [1.165, 1.54) is 19.4 Å². The van der Waals surface area contributed by atoms with Crippen LogP contribution in [-0.2, 0) is 11.3 Å². The van der Waals surface area contributed by atoms with Gasteiger partial charge in [-0.2, -0.15) is 0 Å². The van der Waals surface area contributed by atoms with Crippen LogP contribution in [0.4, 0.5) is 0 Å². The molecule has 0 bridgehead atoms. The molecule has 3 heteroatoms. The molecular formula is C12H19NO2. The Balaban J connectivity index is 1.54. The van der Waals surface area contributed by atoms with E-state index in [4.69, 9.17) is 9.15 Å². The molecule has 1 fully saturated rings. The summed E-state index contributed by atoms with van der Waals surface area (Å²) < 4.78 is 10.7. The summed E-state index contributed by atoms with van der Waals surface area (Å²) >= 11 is 0. The Morgan fingerprint density at radius 2 is 2.53 bits per heavy atom. The molecule has 2 heterocycles. The van der Waals surface area contributed by atoms with E-state index in [9.17, 15) is 0 Å². The van der Waals surface area contributed by atoms with Crippen LogP contribution in [0.2, 0.25) is 0 Å². The topological polar surface area (TPSA) is 34.4 Å². The number of piperidine rings is 1. The first kappa shape index (κ1) is 10.7. The molecule has 0 saturated carbocycles. The van der Waals surface area contributed by atoms with Crippen LogP contribution in [-0.4, -0.2) is 19.7 Å². The van der Waals surface area contributed by atoms with Gasteiger partial charge in [0.25, 0.3) is 0 Å². The van der Waals surface area contributed by atoms with E-state index in [2.05, 4.69) is 5.32 Å². The van der Waals surface area contributed by atoms with Crippen molar-refractivity contribution in [2.45, 2.75) is 25.9 Å². The third-order valence-corrected chi connectivity index (χ3v) is 2.89. The van der Waals surface area contributed by atoms with Crippen molar-refractivity contribution in [1.82, 2.24) is 5.32 Å². The number of furan rings is 1. The van der Waals surface area contributed by atoms with Crippen LogP contribution >= 0.6 is 0 Å². The summed E-state index contributed by atoms with van der Waals surface area (Å²) in [7, 11) is 0. The molecule has 0 aromatic carbocycles. The van der Waals surface area contributed by atoms with E-state index in [0.29, 0.717) is 6.61 Å². The van der Waals surface area contributed by atoms with E-state index in [-0.39, 0.29) is 0 Å². The van der Waals surface area contributed by atoms with Gasteiger partial charge in [-0.25, -0.2) is 0 Å². The van der Waals surface area contributed by atoms with Crippen molar-refractivity contribution in [3.05, 3.63) is 24.2 Å². The van der Waals surface area contributed by atoms with Gasteiger partial charge in [-0.05, 0) is 50.4 Å². The summed E-state index contributed by atoms with van der Waals surface area (Å²) in [5.41, 5.74) is 0. The van der Waals surface area contributed by atoms with E-state index in [1.807, 2.05) is 12.1 Å². The lowest BCUT2D eigenvalue weighted by molar-refractivity contribution is 0.0909. The summed E-state index contributed by atoms with van der Waals surface area (Å²) in [6.45, 7) is 3.79. The number of rotatable bonds is 5. The molecule has 1 atom stereocenters. The zero-order valence-electron chi connectivity index (χ0n) is 9.08. The Kier molecular flexibility index (Phi) is 4.23. The monoisotopic (exact) mass is 209 g/mol. The molecule has 1 unspecified atom stereocenters.